The maximum Gasteiger partial charge on any atom is 0.413 e. The fraction of sp³-hybridized carbons (Fsp3) is 0.222. The number of nitrogens with one attached hydrogen (secondary N) is 3. The number of pyridine rings is 1. The Morgan fingerprint density at radius 3 is 2.13 bits per heavy atom. The third-order valence-electron chi connectivity index (χ3n) is 5.54. The number of carboxylic acids is 1. The minimum atomic E-state index is -1.31. The zero-order valence-electron chi connectivity index (χ0n) is 20.6. The fourth-order valence-electron chi connectivity index (χ4n) is 3.80. The first kappa shape index (κ1) is 28.1. The summed E-state index contributed by atoms with van der Waals surface area (Å²) in [5.74, 6) is -2.10. The third-order valence-corrected chi connectivity index (χ3v) is 5.79. The van der Waals surface area contributed by atoms with Gasteiger partial charge in [0.1, 0.15) is 11.6 Å². The summed E-state index contributed by atoms with van der Waals surface area (Å²) >= 11 is 4.96. The molecule has 4 N–H and O–H groups in total. The van der Waals surface area contributed by atoms with Crippen LogP contribution in [0.25, 0.3) is 0 Å². The van der Waals surface area contributed by atoms with Gasteiger partial charge >= 0.3 is 12.1 Å². The summed E-state index contributed by atoms with van der Waals surface area (Å²) < 4.78 is 6.17. The number of nitrogens with zero attached hydrogens (tertiary/aromatic N) is 1. The van der Waals surface area contributed by atoms with Crippen molar-refractivity contribution in [2.24, 2.45) is 0 Å². The summed E-state index contributed by atoms with van der Waals surface area (Å²) in [6, 6.07) is 19.9. The van der Waals surface area contributed by atoms with E-state index in [-0.39, 0.29) is 30.2 Å². The molecule has 0 aliphatic carbocycles. The molecular weight excluding hydrogens is 508 g/mol. The standard InChI is InChI=1S/C27H28N4O6S/c1-2-37-27(36)30-26(38)28-16-15-21(25(34)35)29-23(32)20-14-9-17-31(24(20)33)22(18-10-5-3-6-11-18)19-12-7-4-8-13-19/h3-14,17,21-22H,2,15-16H2,1H3,(H,29,32)(H,34,35)(H2,28,30,36,38)/t21-/m0/s1. The Labute approximate surface area is 224 Å². The Kier molecular flexibility index (Phi) is 10.1. The number of alkyl carbamates (subject to hydrolysis) is 1. The van der Waals surface area contributed by atoms with Crippen molar-refractivity contribution in [3.8, 4) is 0 Å². The Bertz CT molecular complexity index is 1290. The molecule has 38 heavy (non-hydrogen) atoms. The van der Waals surface area contributed by atoms with Crippen molar-refractivity contribution >= 4 is 35.3 Å². The summed E-state index contributed by atoms with van der Waals surface area (Å²) in [5, 5.41) is 16.9. The number of carbonyl (C=O) groups excluding carboxylic acids is 2. The van der Waals surface area contributed by atoms with E-state index < -0.39 is 35.6 Å². The number of ether oxygens (including phenoxy) is 1. The molecule has 0 spiro atoms. The molecule has 3 rings (SSSR count). The smallest absolute Gasteiger partial charge is 0.413 e. The van der Waals surface area contributed by atoms with Gasteiger partial charge in [0.05, 0.1) is 12.6 Å². The molecule has 0 unspecified atom stereocenters. The molecule has 1 heterocycles. The number of benzene rings is 2. The molecule has 2 aromatic carbocycles. The second-order valence-electron chi connectivity index (χ2n) is 8.11. The van der Waals surface area contributed by atoms with E-state index in [1.54, 1.807) is 19.2 Å². The highest BCUT2D eigenvalue weighted by atomic mass is 32.1. The van der Waals surface area contributed by atoms with Gasteiger partial charge in [-0.15, -0.1) is 0 Å². The zero-order chi connectivity index (χ0) is 27.5. The van der Waals surface area contributed by atoms with Crippen LogP contribution in [0.2, 0.25) is 0 Å². The second-order valence-corrected chi connectivity index (χ2v) is 8.52. The molecule has 1 aromatic heterocycles. The van der Waals surface area contributed by atoms with Crippen molar-refractivity contribution in [1.29, 1.82) is 0 Å². The molecule has 1 atom stereocenters. The van der Waals surface area contributed by atoms with Crippen LogP contribution in [0.15, 0.2) is 83.8 Å². The van der Waals surface area contributed by atoms with Crippen LogP contribution in [0.4, 0.5) is 4.79 Å². The number of amides is 2. The lowest BCUT2D eigenvalue weighted by Gasteiger charge is -2.22. The van der Waals surface area contributed by atoms with Gasteiger partial charge in [-0.05, 0) is 48.8 Å². The van der Waals surface area contributed by atoms with Crippen LogP contribution in [-0.4, -0.2) is 51.9 Å². The van der Waals surface area contributed by atoms with Crippen molar-refractivity contribution in [3.63, 3.8) is 0 Å². The first-order valence-electron chi connectivity index (χ1n) is 11.9. The summed E-state index contributed by atoms with van der Waals surface area (Å²) in [6.45, 7) is 1.84. The van der Waals surface area contributed by atoms with Crippen LogP contribution in [0.1, 0.15) is 40.9 Å². The fourth-order valence-corrected chi connectivity index (χ4v) is 3.98. The first-order valence-corrected chi connectivity index (χ1v) is 12.3. The maximum absolute atomic E-state index is 13.5. The molecule has 0 saturated heterocycles. The van der Waals surface area contributed by atoms with Gasteiger partial charge in [0.15, 0.2) is 5.11 Å². The molecule has 198 valence electrons. The average molecular weight is 537 g/mol. The SMILES string of the molecule is CCOC(=O)NC(=S)NCC[C@H](NC(=O)c1cccn(C(c2ccccc2)c2ccccc2)c1=O)C(=O)O. The lowest BCUT2D eigenvalue weighted by molar-refractivity contribution is -0.139. The predicted octanol–water partition coefficient (Wildman–Crippen LogP) is 2.68. The van der Waals surface area contributed by atoms with Crippen LogP contribution < -0.4 is 21.5 Å². The highest BCUT2D eigenvalue weighted by Gasteiger charge is 2.24. The van der Waals surface area contributed by atoms with Crippen LogP contribution in [0.5, 0.6) is 0 Å². The Hall–Kier alpha value is -4.51. The van der Waals surface area contributed by atoms with Crippen molar-refractivity contribution in [2.45, 2.75) is 25.4 Å². The molecule has 0 aliphatic rings. The molecule has 0 aliphatic heterocycles. The van der Waals surface area contributed by atoms with E-state index >= 15 is 0 Å². The number of rotatable bonds is 10. The molecule has 2 amide bonds. The minimum Gasteiger partial charge on any atom is -0.480 e. The summed E-state index contributed by atoms with van der Waals surface area (Å²) in [5.41, 5.74) is 0.938. The van der Waals surface area contributed by atoms with E-state index in [4.69, 9.17) is 17.0 Å². The van der Waals surface area contributed by atoms with Gasteiger partial charge in [-0.25, -0.2) is 9.59 Å². The Balaban J connectivity index is 1.78. The number of aliphatic carboxylic acids is 1. The Morgan fingerprint density at radius 1 is 0.974 bits per heavy atom. The first-order chi connectivity index (χ1) is 18.3. The van der Waals surface area contributed by atoms with Crippen LogP contribution in [0.3, 0.4) is 0 Å². The van der Waals surface area contributed by atoms with E-state index in [9.17, 15) is 24.3 Å². The molecule has 10 nitrogen and oxygen atoms in total. The normalized spacial score (nSPS) is 11.3. The monoisotopic (exact) mass is 536 g/mol. The third kappa shape index (κ3) is 7.50. The molecule has 0 fully saturated rings. The number of carboxylic acid groups (broad SMARTS) is 1. The molecule has 0 radical (unpaired) electrons. The largest absolute Gasteiger partial charge is 0.480 e. The van der Waals surface area contributed by atoms with E-state index in [1.807, 2.05) is 60.7 Å². The van der Waals surface area contributed by atoms with Gasteiger partial charge in [-0.1, -0.05) is 60.7 Å². The van der Waals surface area contributed by atoms with Crippen molar-refractivity contribution < 1.29 is 24.2 Å². The van der Waals surface area contributed by atoms with Crippen LogP contribution >= 0.6 is 12.2 Å². The average Bonchev–Trinajstić information content (AvgIpc) is 2.90. The van der Waals surface area contributed by atoms with Crippen molar-refractivity contribution in [2.75, 3.05) is 13.2 Å². The van der Waals surface area contributed by atoms with E-state index in [1.165, 1.54) is 10.6 Å². The maximum atomic E-state index is 13.5. The topological polar surface area (TPSA) is 139 Å². The van der Waals surface area contributed by atoms with Gasteiger partial charge < -0.3 is 25.0 Å². The molecule has 0 bridgehead atoms. The number of hydrogen-bond acceptors (Lipinski definition) is 6. The number of aromatic nitrogens is 1. The zero-order valence-corrected chi connectivity index (χ0v) is 21.4. The molecule has 11 heteroatoms. The van der Waals surface area contributed by atoms with Crippen LogP contribution in [-0.2, 0) is 9.53 Å². The van der Waals surface area contributed by atoms with Gasteiger partial charge in [-0.3, -0.25) is 14.9 Å². The van der Waals surface area contributed by atoms with E-state index in [0.29, 0.717) is 0 Å². The molecular formula is C27H28N4O6S. The minimum absolute atomic E-state index is 0.0333. The van der Waals surface area contributed by atoms with Gasteiger partial charge in [0, 0.05) is 12.7 Å². The lowest BCUT2D eigenvalue weighted by Crippen LogP contribution is -2.46. The van der Waals surface area contributed by atoms with Crippen molar-refractivity contribution in [3.05, 3.63) is 106 Å². The highest BCUT2D eigenvalue weighted by molar-refractivity contribution is 7.80. The van der Waals surface area contributed by atoms with E-state index in [0.717, 1.165) is 11.1 Å². The van der Waals surface area contributed by atoms with Gasteiger partial charge in [0.2, 0.25) is 0 Å². The summed E-state index contributed by atoms with van der Waals surface area (Å²) in [7, 11) is 0. The number of thiocarbonyl (C=S) groups is 1. The Morgan fingerprint density at radius 2 is 1.58 bits per heavy atom. The van der Waals surface area contributed by atoms with E-state index in [2.05, 4.69) is 16.0 Å². The molecule has 0 saturated carbocycles. The highest BCUT2D eigenvalue weighted by Crippen LogP contribution is 2.25. The van der Waals surface area contributed by atoms with Crippen LogP contribution in [0, 0.1) is 0 Å². The number of hydrogen-bond donors (Lipinski definition) is 4. The summed E-state index contributed by atoms with van der Waals surface area (Å²) in [6.07, 6.45) is 0.793. The quantitative estimate of drug-likeness (QED) is 0.290. The second kappa shape index (κ2) is 13.7. The van der Waals surface area contributed by atoms with Gasteiger partial charge in [-0.2, -0.15) is 0 Å². The molecule has 3 aromatic rings. The lowest BCUT2D eigenvalue weighted by atomic mass is 9.98. The van der Waals surface area contributed by atoms with Gasteiger partial charge in [0.25, 0.3) is 11.5 Å². The van der Waals surface area contributed by atoms with Crippen molar-refractivity contribution in [1.82, 2.24) is 20.5 Å². The number of carbonyl (C=O) groups is 3. The summed E-state index contributed by atoms with van der Waals surface area (Å²) in [4.78, 5) is 49.7. The predicted molar refractivity (Wildman–Crippen MR) is 145 cm³/mol.